The first-order valence-electron chi connectivity index (χ1n) is 11.0. The minimum absolute atomic E-state index is 0.0787. The highest BCUT2D eigenvalue weighted by molar-refractivity contribution is 7.90. The van der Waals surface area contributed by atoms with Crippen molar-refractivity contribution in [1.82, 2.24) is 10.1 Å². The second-order valence-corrected chi connectivity index (χ2v) is 9.72. The Hall–Kier alpha value is -3.73. The van der Waals surface area contributed by atoms with E-state index in [1.165, 1.54) is 41.4 Å². The van der Waals surface area contributed by atoms with Gasteiger partial charge in [-0.05, 0) is 61.4 Å². The predicted octanol–water partition coefficient (Wildman–Crippen LogP) is 2.35. The van der Waals surface area contributed by atoms with Crippen LogP contribution in [0.1, 0.15) is 48.9 Å². The quantitative estimate of drug-likeness (QED) is 0.600. The Balaban J connectivity index is 1.39. The molecular weight excluding hydrogens is 458 g/mol. The van der Waals surface area contributed by atoms with E-state index >= 15 is 0 Å². The maximum Gasteiger partial charge on any atom is 0.262 e. The Morgan fingerprint density at radius 3 is 2.38 bits per heavy atom. The number of rotatable bonds is 5. The van der Waals surface area contributed by atoms with E-state index in [2.05, 4.69) is 20.5 Å². The van der Waals surface area contributed by atoms with Gasteiger partial charge >= 0.3 is 0 Å². The molecule has 0 unspecified atom stereocenters. The molecule has 0 spiro atoms. The number of hydrogen-bond acceptors (Lipinski definition) is 6. The van der Waals surface area contributed by atoms with Crippen molar-refractivity contribution in [3.8, 4) is 0 Å². The molecule has 3 amide bonds. The van der Waals surface area contributed by atoms with Crippen LogP contribution in [0.3, 0.4) is 0 Å². The maximum absolute atomic E-state index is 12.6. The number of carbonyl (C=O) groups is 3. The summed E-state index contributed by atoms with van der Waals surface area (Å²) in [5.74, 6) is -0.400. The molecule has 0 radical (unpaired) electrons. The summed E-state index contributed by atoms with van der Waals surface area (Å²) in [5.41, 5.74) is 3.72. The normalized spacial score (nSPS) is 16.8. The summed E-state index contributed by atoms with van der Waals surface area (Å²) in [7, 11) is -3.75. The van der Waals surface area contributed by atoms with Gasteiger partial charge in [0.15, 0.2) is 0 Å². The summed E-state index contributed by atoms with van der Waals surface area (Å²) in [4.78, 5) is 40.5. The smallest absolute Gasteiger partial charge is 0.262 e. The summed E-state index contributed by atoms with van der Waals surface area (Å²) in [6, 6.07) is 12.1. The van der Waals surface area contributed by atoms with Gasteiger partial charge in [0.05, 0.1) is 10.6 Å². The second kappa shape index (κ2) is 10.0. The van der Waals surface area contributed by atoms with Gasteiger partial charge in [0.25, 0.3) is 15.9 Å². The van der Waals surface area contributed by atoms with Gasteiger partial charge in [-0.3, -0.25) is 29.5 Å². The van der Waals surface area contributed by atoms with Gasteiger partial charge in [-0.1, -0.05) is 6.42 Å². The molecule has 0 saturated carbocycles. The average Bonchev–Trinajstić information content (AvgIpc) is 3.09. The van der Waals surface area contributed by atoms with E-state index in [0.717, 1.165) is 19.3 Å². The Labute approximate surface area is 197 Å². The number of amidine groups is 1. The Morgan fingerprint density at radius 2 is 1.65 bits per heavy atom. The van der Waals surface area contributed by atoms with Gasteiger partial charge in [0, 0.05) is 37.1 Å². The Morgan fingerprint density at radius 1 is 0.912 bits per heavy atom. The molecule has 0 bridgehead atoms. The first-order valence-corrected chi connectivity index (χ1v) is 12.5. The number of nitrogens with one attached hydrogen (secondary N) is 3. The van der Waals surface area contributed by atoms with Gasteiger partial charge in [0.1, 0.15) is 5.84 Å². The fraction of sp³-hybridized carbons (Fsp3) is 0.304. The lowest BCUT2D eigenvalue weighted by atomic mass is 10.1. The molecular formula is C23H25N5O5S. The Kier molecular flexibility index (Phi) is 6.92. The van der Waals surface area contributed by atoms with Gasteiger partial charge in [-0.15, -0.1) is 0 Å². The van der Waals surface area contributed by atoms with Crippen molar-refractivity contribution in [3.05, 3.63) is 54.1 Å². The van der Waals surface area contributed by atoms with E-state index in [4.69, 9.17) is 0 Å². The molecule has 2 aliphatic rings. The number of nitrogens with zero attached hydrogens (tertiary/aromatic N) is 2. The molecule has 2 aromatic carbocycles. The number of aliphatic imine (C=N–C) groups is 1. The van der Waals surface area contributed by atoms with E-state index < -0.39 is 15.9 Å². The molecule has 2 aliphatic heterocycles. The highest BCUT2D eigenvalue weighted by atomic mass is 32.2. The van der Waals surface area contributed by atoms with Crippen LogP contribution in [0.25, 0.3) is 0 Å². The van der Waals surface area contributed by atoms with Crippen LogP contribution in [0.5, 0.6) is 0 Å². The first kappa shape index (κ1) is 23.4. The van der Waals surface area contributed by atoms with Gasteiger partial charge in [0.2, 0.25) is 11.8 Å². The number of hydrogen-bond donors (Lipinski definition) is 3. The Bertz CT molecular complexity index is 1220. The third-order valence-corrected chi connectivity index (χ3v) is 6.89. The molecule has 3 N–H and O–H groups in total. The van der Waals surface area contributed by atoms with E-state index in [1.807, 2.05) is 0 Å². The van der Waals surface area contributed by atoms with E-state index in [-0.39, 0.29) is 29.6 Å². The van der Waals surface area contributed by atoms with Crippen LogP contribution in [0.15, 0.2) is 58.4 Å². The number of benzene rings is 2. The monoisotopic (exact) mass is 483 g/mol. The van der Waals surface area contributed by atoms with Crippen molar-refractivity contribution in [3.63, 3.8) is 0 Å². The molecule has 1 fully saturated rings. The molecule has 4 rings (SSSR count). The summed E-state index contributed by atoms with van der Waals surface area (Å²) in [6.45, 7) is 0.618. The van der Waals surface area contributed by atoms with Crippen LogP contribution >= 0.6 is 0 Å². The van der Waals surface area contributed by atoms with Crippen molar-refractivity contribution in [2.75, 3.05) is 16.9 Å². The number of amides is 3. The SMILES string of the molecule is O=C1CCC(=O)N(c2ccc(C(=O)Nc3ccc(S(=O)(=O)NC4=NCCCCC4)cc3)cc2)N1. The maximum atomic E-state index is 12.6. The topological polar surface area (TPSA) is 137 Å². The standard InChI is InChI=1S/C23H25N5O5S/c29-21-13-14-22(30)28(26-21)18-9-5-16(6-10-18)23(31)25-17-7-11-19(12-8-17)34(32,33)27-20-4-2-1-3-15-24-20/h5-12H,1-4,13-15H2,(H,24,27)(H,25,31)(H,26,29). The summed E-state index contributed by atoms with van der Waals surface area (Å²) >= 11 is 0. The molecule has 1 saturated heterocycles. The minimum atomic E-state index is -3.75. The fourth-order valence-electron chi connectivity index (χ4n) is 3.64. The van der Waals surface area contributed by atoms with Crippen molar-refractivity contribution in [1.29, 1.82) is 0 Å². The van der Waals surface area contributed by atoms with Gasteiger partial charge < -0.3 is 5.32 Å². The highest BCUT2D eigenvalue weighted by Crippen LogP contribution is 2.20. The average molecular weight is 484 g/mol. The third-order valence-electron chi connectivity index (χ3n) is 5.49. The van der Waals surface area contributed by atoms with Crippen LogP contribution in [-0.2, 0) is 19.6 Å². The lowest BCUT2D eigenvalue weighted by Crippen LogP contribution is -2.50. The van der Waals surface area contributed by atoms with Crippen LogP contribution < -0.4 is 20.5 Å². The number of hydrazine groups is 1. The summed E-state index contributed by atoms with van der Waals surface area (Å²) in [6.07, 6.45) is 3.76. The van der Waals surface area contributed by atoms with Crippen molar-refractivity contribution in [2.24, 2.45) is 4.99 Å². The minimum Gasteiger partial charge on any atom is -0.322 e. The molecule has 0 atom stereocenters. The molecule has 11 heteroatoms. The van der Waals surface area contributed by atoms with Gasteiger partial charge in [-0.25, -0.2) is 13.4 Å². The van der Waals surface area contributed by atoms with E-state index in [0.29, 0.717) is 35.7 Å². The van der Waals surface area contributed by atoms with Crippen molar-refractivity contribution >= 4 is 45.0 Å². The number of anilines is 2. The van der Waals surface area contributed by atoms with Crippen molar-refractivity contribution in [2.45, 2.75) is 43.4 Å². The summed E-state index contributed by atoms with van der Waals surface area (Å²) in [5, 5.41) is 3.88. The molecule has 10 nitrogen and oxygen atoms in total. The molecule has 2 aromatic rings. The van der Waals surface area contributed by atoms with Crippen LogP contribution in [0, 0.1) is 0 Å². The number of sulfonamides is 1. The molecule has 34 heavy (non-hydrogen) atoms. The third kappa shape index (κ3) is 5.60. The molecule has 2 heterocycles. The zero-order valence-electron chi connectivity index (χ0n) is 18.4. The highest BCUT2D eigenvalue weighted by Gasteiger charge is 2.24. The lowest BCUT2D eigenvalue weighted by Gasteiger charge is -2.27. The summed E-state index contributed by atoms with van der Waals surface area (Å²) < 4.78 is 27.8. The van der Waals surface area contributed by atoms with Gasteiger partial charge in [-0.2, -0.15) is 0 Å². The molecule has 0 aliphatic carbocycles. The molecule has 178 valence electrons. The second-order valence-electron chi connectivity index (χ2n) is 8.03. The zero-order chi connectivity index (χ0) is 24.1. The van der Waals surface area contributed by atoms with E-state index in [9.17, 15) is 22.8 Å². The van der Waals surface area contributed by atoms with Crippen LogP contribution in [0.2, 0.25) is 0 Å². The fourth-order valence-corrected chi connectivity index (χ4v) is 4.73. The van der Waals surface area contributed by atoms with Crippen LogP contribution in [-0.4, -0.2) is 38.5 Å². The predicted molar refractivity (Wildman–Crippen MR) is 127 cm³/mol. The van der Waals surface area contributed by atoms with E-state index in [1.54, 1.807) is 12.1 Å². The molecule has 0 aromatic heterocycles. The number of carbonyl (C=O) groups excluding carboxylic acids is 3. The zero-order valence-corrected chi connectivity index (χ0v) is 19.2. The largest absolute Gasteiger partial charge is 0.322 e. The van der Waals surface area contributed by atoms with Crippen LogP contribution in [0.4, 0.5) is 11.4 Å². The first-order chi connectivity index (χ1) is 16.3. The lowest BCUT2D eigenvalue weighted by molar-refractivity contribution is -0.130. The van der Waals surface area contributed by atoms with Crippen molar-refractivity contribution < 1.29 is 22.8 Å².